The fourth-order valence-corrected chi connectivity index (χ4v) is 3.35. The van der Waals surface area contributed by atoms with Crippen molar-refractivity contribution in [2.75, 3.05) is 18.0 Å². The summed E-state index contributed by atoms with van der Waals surface area (Å²) in [5, 5.41) is 10.6. The fraction of sp³-hybridized carbons (Fsp3) is 0.400. The van der Waals surface area contributed by atoms with E-state index in [1.54, 1.807) is 0 Å². The maximum atomic E-state index is 10.6. The number of likely N-dealkylation sites (N-methyl/N-ethyl adjacent to an activating group) is 1. The summed E-state index contributed by atoms with van der Waals surface area (Å²) in [6, 6.07) is 15.0. The fourth-order valence-electron chi connectivity index (χ4n) is 3.35. The molecule has 0 aromatic heterocycles. The molecular weight excluding hydrogens is 270 g/mol. The van der Waals surface area contributed by atoms with Gasteiger partial charge in [-0.1, -0.05) is 30.3 Å². The maximum absolute atomic E-state index is 10.6. The molecule has 0 heterocycles. The Labute approximate surface area is 133 Å². The molecule has 0 saturated heterocycles. The lowest BCUT2D eigenvalue weighted by molar-refractivity contribution is 0.183. The highest BCUT2D eigenvalue weighted by atomic mass is 16.3. The number of aliphatic hydroxyl groups is 1. The van der Waals surface area contributed by atoms with Crippen molar-refractivity contribution in [3.63, 3.8) is 0 Å². The van der Waals surface area contributed by atoms with Crippen LogP contribution in [0.5, 0.6) is 0 Å². The molecule has 1 aliphatic rings. The third-order valence-corrected chi connectivity index (χ3v) is 4.65. The van der Waals surface area contributed by atoms with Gasteiger partial charge in [0.15, 0.2) is 0 Å². The molecule has 2 nitrogen and oxygen atoms in total. The first kappa shape index (κ1) is 15.1. The van der Waals surface area contributed by atoms with E-state index < -0.39 is 6.10 Å². The number of nitrogens with zero attached hydrogens (tertiary/aromatic N) is 1. The Hall–Kier alpha value is -1.80. The van der Waals surface area contributed by atoms with Crippen LogP contribution < -0.4 is 4.90 Å². The minimum absolute atomic E-state index is 0.439. The molecule has 2 aromatic carbocycles. The quantitative estimate of drug-likeness (QED) is 0.899. The maximum Gasteiger partial charge on any atom is 0.0964 e. The molecule has 0 spiro atoms. The zero-order valence-electron chi connectivity index (χ0n) is 13.5. The van der Waals surface area contributed by atoms with Gasteiger partial charge in [-0.2, -0.15) is 0 Å². The molecular formula is C20H25NO. The molecule has 0 fully saturated rings. The van der Waals surface area contributed by atoms with Gasteiger partial charge in [-0.25, -0.2) is 0 Å². The number of hydrogen-bond donors (Lipinski definition) is 1. The normalized spacial score (nSPS) is 14.7. The summed E-state index contributed by atoms with van der Waals surface area (Å²) in [6.07, 6.45) is 3.16. The van der Waals surface area contributed by atoms with E-state index in [0.717, 1.165) is 18.5 Å². The van der Waals surface area contributed by atoms with Crippen LogP contribution in [-0.2, 0) is 12.8 Å². The lowest BCUT2D eigenvalue weighted by atomic mass is 10.0. The SMILES string of the molecule is CCN(CC(O)c1ccc2c(c1)CCC2)c1cccc(C)c1. The van der Waals surface area contributed by atoms with Gasteiger partial charge in [0.1, 0.15) is 0 Å². The van der Waals surface area contributed by atoms with Crippen molar-refractivity contribution >= 4 is 5.69 Å². The van der Waals surface area contributed by atoms with Gasteiger partial charge in [0, 0.05) is 18.8 Å². The summed E-state index contributed by atoms with van der Waals surface area (Å²) in [6.45, 7) is 5.77. The molecule has 0 saturated carbocycles. The van der Waals surface area contributed by atoms with Crippen LogP contribution in [0.1, 0.15) is 41.7 Å². The third kappa shape index (κ3) is 3.17. The number of benzene rings is 2. The molecule has 1 aliphatic carbocycles. The third-order valence-electron chi connectivity index (χ3n) is 4.65. The van der Waals surface area contributed by atoms with E-state index in [2.05, 4.69) is 61.2 Å². The molecule has 0 amide bonds. The number of aliphatic hydroxyl groups excluding tert-OH is 1. The van der Waals surface area contributed by atoms with Crippen molar-refractivity contribution in [3.8, 4) is 0 Å². The summed E-state index contributed by atoms with van der Waals surface area (Å²) in [5.74, 6) is 0. The Morgan fingerprint density at radius 2 is 1.91 bits per heavy atom. The Morgan fingerprint density at radius 3 is 2.68 bits per heavy atom. The smallest absolute Gasteiger partial charge is 0.0964 e. The van der Waals surface area contributed by atoms with Gasteiger partial charge in [-0.05, 0) is 67.5 Å². The second-order valence-electron chi connectivity index (χ2n) is 6.28. The number of hydrogen-bond acceptors (Lipinski definition) is 2. The molecule has 1 atom stereocenters. The van der Waals surface area contributed by atoms with Crippen molar-refractivity contribution in [1.29, 1.82) is 0 Å². The van der Waals surface area contributed by atoms with Crippen LogP contribution >= 0.6 is 0 Å². The van der Waals surface area contributed by atoms with Gasteiger partial charge >= 0.3 is 0 Å². The van der Waals surface area contributed by atoms with E-state index in [1.165, 1.54) is 35.2 Å². The van der Waals surface area contributed by atoms with E-state index in [9.17, 15) is 5.11 Å². The minimum Gasteiger partial charge on any atom is -0.387 e. The van der Waals surface area contributed by atoms with Crippen LogP contribution in [0.3, 0.4) is 0 Å². The van der Waals surface area contributed by atoms with Crippen molar-refractivity contribution in [2.24, 2.45) is 0 Å². The summed E-state index contributed by atoms with van der Waals surface area (Å²) in [7, 11) is 0. The Bertz CT molecular complexity index is 650. The van der Waals surface area contributed by atoms with Gasteiger partial charge < -0.3 is 10.0 Å². The zero-order valence-corrected chi connectivity index (χ0v) is 13.5. The lowest BCUT2D eigenvalue weighted by Gasteiger charge is -2.26. The Morgan fingerprint density at radius 1 is 1.09 bits per heavy atom. The molecule has 1 unspecified atom stereocenters. The molecule has 0 radical (unpaired) electrons. The van der Waals surface area contributed by atoms with Crippen LogP contribution in [0.4, 0.5) is 5.69 Å². The predicted octanol–water partition coefficient (Wildman–Crippen LogP) is 4.04. The first-order valence-corrected chi connectivity index (χ1v) is 8.28. The first-order valence-electron chi connectivity index (χ1n) is 8.28. The number of aryl methyl sites for hydroxylation is 3. The van der Waals surface area contributed by atoms with Crippen LogP contribution in [0.2, 0.25) is 0 Å². The Balaban J connectivity index is 1.76. The van der Waals surface area contributed by atoms with Crippen molar-refractivity contribution in [1.82, 2.24) is 0 Å². The topological polar surface area (TPSA) is 23.5 Å². The monoisotopic (exact) mass is 295 g/mol. The summed E-state index contributed by atoms with van der Waals surface area (Å²) in [4.78, 5) is 2.24. The van der Waals surface area contributed by atoms with Crippen molar-refractivity contribution in [3.05, 3.63) is 64.7 Å². The molecule has 2 aromatic rings. The highest BCUT2D eigenvalue weighted by molar-refractivity contribution is 5.49. The standard InChI is InChI=1S/C20H25NO/c1-3-21(19-9-4-6-15(2)12-19)14-20(22)18-11-10-16-7-5-8-17(16)13-18/h4,6,9-13,20,22H,3,5,7-8,14H2,1-2H3. The average molecular weight is 295 g/mol. The minimum atomic E-state index is -0.439. The molecule has 1 N–H and O–H groups in total. The van der Waals surface area contributed by atoms with Gasteiger partial charge in [0.2, 0.25) is 0 Å². The summed E-state index contributed by atoms with van der Waals surface area (Å²) >= 11 is 0. The lowest BCUT2D eigenvalue weighted by Crippen LogP contribution is -2.28. The van der Waals surface area contributed by atoms with E-state index in [4.69, 9.17) is 0 Å². The second-order valence-corrected chi connectivity index (χ2v) is 6.28. The number of anilines is 1. The number of rotatable bonds is 5. The van der Waals surface area contributed by atoms with E-state index in [-0.39, 0.29) is 0 Å². The van der Waals surface area contributed by atoms with Crippen LogP contribution in [-0.4, -0.2) is 18.2 Å². The van der Waals surface area contributed by atoms with Crippen LogP contribution in [0, 0.1) is 6.92 Å². The van der Waals surface area contributed by atoms with Crippen LogP contribution in [0.15, 0.2) is 42.5 Å². The molecule has 22 heavy (non-hydrogen) atoms. The zero-order chi connectivity index (χ0) is 15.5. The van der Waals surface area contributed by atoms with E-state index >= 15 is 0 Å². The average Bonchev–Trinajstić information content (AvgIpc) is 2.99. The first-order chi connectivity index (χ1) is 10.7. The van der Waals surface area contributed by atoms with Gasteiger partial charge in [0.25, 0.3) is 0 Å². The summed E-state index contributed by atoms with van der Waals surface area (Å²) in [5.41, 5.74) is 6.37. The molecule has 2 heteroatoms. The number of fused-ring (bicyclic) bond motifs is 1. The van der Waals surface area contributed by atoms with Gasteiger partial charge in [-0.3, -0.25) is 0 Å². The highest BCUT2D eigenvalue weighted by Crippen LogP contribution is 2.27. The van der Waals surface area contributed by atoms with Gasteiger partial charge in [0.05, 0.1) is 6.10 Å². The molecule has 3 rings (SSSR count). The molecule has 116 valence electrons. The Kier molecular flexibility index (Phi) is 4.49. The molecule has 0 bridgehead atoms. The second kappa shape index (κ2) is 6.53. The van der Waals surface area contributed by atoms with E-state index in [0.29, 0.717) is 6.54 Å². The highest BCUT2D eigenvalue weighted by Gasteiger charge is 2.17. The largest absolute Gasteiger partial charge is 0.387 e. The summed E-state index contributed by atoms with van der Waals surface area (Å²) < 4.78 is 0. The van der Waals surface area contributed by atoms with Crippen molar-refractivity contribution in [2.45, 2.75) is 39.2 Å². The van der Waals surface area contributed by atoms with Gasteiger partial charge in [-0.15, -0.1) is 0 Å². The predicted molar refractivity (Wildman–Crippen MR) is 92.5 cm³/mol. The van der Waals surface area contributed by atoms with Crippen molar-refractivity contribution < 1.29 is 5.11 Å². The van der Waals surface area contributed by atoms with Crippen LogP contribution in [0.25, 0.3) is 0 Å². The van der Waals surface area contributed by atoms with E-state index in [1.807, 2.05) is 0 Å². The molecule has 0 aliphatic heterocycles.